The summed E-state index contributed by atoms with van der Waals surface area (Å²) in [6.45, 7) is 4.20. The van der Waals surface area contributed by atoms with Crippen LogP contribution in [0.15, 0.2) is 66.9 Å². The maximum Gasteiger partial charge on any atom is 0.191 e. The molecule has 2 heterocycles. The summed E-state index contributed by atoms with van der Waals surface area (Å²) >= 11 is 3.55. The first-order valence-corrected chi connectivity index (χ1v) is 9.46. The predicted octanol–water partition coefficient (Wildman–Crippen LogP) is 5.85. The Morgan fingerprint density at radius 2 is 1.46 bits per heavy atom. The second-order valence-electron chi connectivity index (χ2n) is 5.64. The van der Waals surface area contributed by atoms with E-state index in [0.717, 1.165) is 10.8 Å². The smallest absolute Gasteiger partial charge is 0.191 e. The van der Waals surface area contributed by atoms with Crippen molar-refractivity contribution in [1.82, 2.24) is 4.98 Å². The van der Waals surface area contributed by atoms with Crippen molar-refractivity contribution in [3.63, 3.8) is 0 Å². The summed E-state index contributed by atoms with van der Waals surface area (Å²) in [4.78, 5) is 9.51. The van der Waals surface area contributed by atoms with Gasteiger partial charge in [0.2, 0.25) is 0 Å². The molecule has 3 aromatic rings. The Morgan fingerprint density at radius 3 is 2.04 bits per heavy atom. The first kappa shape index (κ1) is 15.5. The van der Waals surface area contributed by atoms with Crippen molar-refractivity contribution in [2.24, 2.45) is 0 Å². The molecule has 2 nitrogen and oxygen atoms in total. The maximum absolute atomic E-state index is 4.76. The summed E-state index contributed by atoms with van der Waals surface area (Å²) < 4.78 is 0. The lowest BCUT2D eigenvalue weighted by Gasteiger charge is -2.20. The number of aryl methyl sites for hydroxylation is 2. The molecule has 1 aliphatic heterocycles. The van der Waals surface area contributed by atoms with Crippen LogP contribution in [-0.4, -0.2) is 4.98 Å². The van der Waals surface area contributed by atoms with Gasteiger partial charge in [0.1, 0.15) is 0 Å². The Morgan fingerprint density at radius 1 is 0.833 bits per heavy atom. The van der Waals surface area contributed by atoms with Gasteiger partial charge in [-0.25, -0.2) is 4.98 Å². The standard InChI is InChI=1S/C20H17N2S2/c1-14-15(2)23-20(21-14)22-13-18(16-9-5-3-6-10-16)24-19(22)17-11-7-4-8-12-17/h3-13H,1-2H3. The minimum atomic E-state index is 1.03. The Labute approximate surface area is 150 Å². The molecule has 1 aromatic heterocycles. The highest BCUT2D eigenvalue weighted by atomic mass is 32.2. The van der Waals surface area contributed by atoms with Gasteiger partial charge in [-0.1, -0.05) is 72.4 Å². The monoisotopic (exact) mass is 349 g/mol. The SMILES string of the molecule is Cc1nc(N2C=C(c3ccccc3)S[C]2c2ccccc2)sc1C. The maximum atomic E-state index is 4.76. The average molecular weight is 350 g/mol. The fraction of sp³-hybridized carbons (Fsp3) is 0.100. The number of aromatic nitrogens is 1. The molecule has 0 atom stereocenters. The van der Waals surface area contributed by atoms with Gasteiger partial charge in [-0.2, -0.15) is 0 Å². The van der Waals surface area contributed by atoms with Crippen LogP contribution in [0.3, 0.4) is 0 Å². The van der Waals surface area contributed by atoms with E-state index in [4.69, 9.17) is 4.98 Å². The molecule has 24 heavy (non-hydrogen) atoms. The van der Waals surface area contributed by atoms with Gasteiger partial charge in [-0.05, 0) is 25.0 Å². The van der Waals surface area contributed by atoms with Crippen LogP contribution in [-0.2, 0) is 0 Å². The van der Waals surface area contributed by atoms with Crippen LogP contribution in [0.2, 0.25) is 0 Å². The van der Waals surface area contributed by atoms with Crippen LogP contribution in [0.4, 0.5) is 5.13 Å². The highest BCUT2D eigenvalue weighted by Crippen LogP contribution is 2.50. The van der Waals surface area contributed by atoms with E-state index in [0.29, 0.717) is 0 Å². The Hall–Kier alpha value is -2.04. The van der Waals surface area contributed by atoms with Gasteiger partial charge in [0.05, 0.1) is 5.69 Å². The van der Waals surface area contributed by atoms with E-state index in [1.54, 1.807) is 23.1 Å². The Bertz CT molecular complexity index is 850. The Balaban J connectivity index is 1.76. The minimum Gasteiger partial charge on any atom is -0.300 e. The van der Waals surface area contributed by atoms with Gasteiger partial charge in [-0.3, -0.25) is 4.90 Å². The molecular weight excluding hydrogens is 332 g/mol. The quantitative estimate of drug-likeness (QED) is 0.590. The van der Waals surface area contributed by atoms with Crippen molar-refractivity contribution >= 4 is 33.1 Å². The number of benzene rings is 2. The number of nitrogens with zero attached hydrogens (tertiary/aromatic N) is 2. The van der Waals surface area contributed by atoms with E-state index >= 15 is 0 Å². The van der Waals surface area contributed by atoms with Gasteiger partial charge in [0.15, 0.2) is 10.5 Å². The molecule has 0 aliphatic carbocycles. The molecule has 4 rings (SSSR count). The van der Waals surface area contributed by atoms with Crippen LogP contribution in [0.1, 0.15) is 21.7 Å². The van der Waals surface area contributed by atoms with Crippen molar-refractivity contribution in [3.05, 3.63) is 93.9 Å². The van der Waals surface area contributed by atoms with E-state index in [2.05, 4.69) is 85.6 Å². The van der Waals surface area contributed by atoms with Crippen molar-refractivity contribution in [2.75, 3.05) is 4.90 Å². The van der Waals surface area contributed by atoms with Gasteiger partial charge in [0, 0.05) is 16.0 Å². The molecule has 4 heteroatoms. The van der Waals surface area contributed by atoms with Gasteiger partial charge in [0.25, 0.3) is 0 Å². The zero-order valence-electron chi connectivity index (χ0n) is 13.6. The van der Waals surface area contributed by atoms with Crippen LogP contribution in [0.5, 0.6) is 0 Å². The normalized spacial score (nSPS) is 14.9. The summed E-state index contributed by atoms with van der Waals surface area (Å²) in [6.07, 6.45) is 2.21. The lowest BCUT2D eigenvalue weighted by molar-refractivity contribution is 1.10. The number of hydrogen-bond donors (Lipinski definition) is 0. The van der Waals surface area contributed by atoms with E-state index in [1.165, 1.54) is 26.3 Å². The summed E-state index contributed by atoms with van der Waals surface area (Å²) in [5.74, 6) is 0. The number of hydrogen-bond acceptors (Lipinski definition) is 4. The third-order valence-corrected chi connectivity index (χ3v) is 6.23. The van der Waals surface area contributed by atoms with Crippen LogP contribution in [0.25, 0.3) is 4.91 Å². The average Bonchev–Trinajstić information content (AvgIpc) is 3.21. The van der Waals surface area contributed by atoms with Crippen molar-refractivity contribution in [3.8, 4) is 0 Å². The zero-order chi connectivity index (χ0) is 16.5. The van der Waals surface area contributed by atoms with E-state index in [-0.39, 0.29) is 0 Å². The van der Waals surface area contributed by atoms with Crippen LogP contribution >= 0.6 is 23.1 Å². The Kier molecular flexibility index (Phi) is 4.17. The zero-order valence-corrected chi connectivity index (χ0v) is 15.2. The fourth-order valence-corrected chi connectivity index (χ4v) is 4.63. The highest BCUT2D eigenvalue weighted by Gasteiger charge is 2.31. The molecule has 0 saturated heterocycles. The molecule has 0 unspecified atom stereocenters. The van der Waals surface area contributed by atoms with E-state index < -0.39 is 0 Å². The van der Waals surface area contributed by atoms with Crippen molar-refractivity contribution < 1.29 is 0 Å². The lowest BCUT2D eigenvalue weighted by Crippen LogP contribution is -2.17. The third kappa shape index (κ3) is 2.87. The molecule has 0 N–H and O–H groups in total. The fourth-order valence-electron chi connectivity index (χ4n) is 2.57. The molecule has 0 fully saturated rings. The summed E-state index contributed by atoms with van der Waals surface area (Å²) in [5.41, 5.74) is 3.56. The molecule has 0 saturated carbocycles. The molecule has 0 bridgehead atoms. The molecule has 0 amide bonds. The topological polar surface area (TPSA) is 16.1 Å². The number of anilines is 1. The number of thiazole rings is 1. The summed E-state index contributed by atoms with van der Waals surface area (Å²) in [7, 11) is 0. The molecule has 0 spiro atoms. The summed E-state index contributed by atoms with van der Waals surface area (Å²) in [5, 5.41) is 2.24. The largest absolute Gasteiger partial charge is 0.300 e. The first-order valence-electron chi connectivity index (χ1n) is 7.83. The second-order valence-corrected chi connectivity index (χ2v) is 7.85. The van der Waals surface area contributed by atoms with Gasteiger partial charge in [-0.15, -0.1) is 11.3 Å². The second kappa shape index (κ2) is 6.46. The number of thioether (sulfide) groups is 1. The van der Waals surface area contributed by atoms with Gasteiger partial charge >= 0.3 is 0 Å². The highest BCUT2D eigenvalue weighted by molar-refractivity contribution is 8.11. The molecule has 1 aliphatic rings. The number of rotatable bonds is 3. The lowest BCUT2D eigenvalue weighted by atomic mass is 10.2. The van der Waals surface area contributed by atoms with Gasteiger partial charge < -0.3 is 0 Å². The third-order valence-electron chi connectivity index (χ3n) is 3.97. The van der Waals surface area contributed by atoms with Crippen LogP contribution < -0.4 is 4.90 Å². The predicted molar refractivity (Wildman–Crippen MR) is 105 cm³/mol. The molecule has 1 radical (unpaired) electrons. The summed E-state index contributed by atoms with van der Waals surface area (Å²) in [6, 6.07) is 21.1. The van der Waals surface area contributed by atoms with Crippen molar-refractivity contribution in [2.45, 2.75) is 13.8 Å². The minimum absolute atomic E-state index is 1.03. The molecule has 119 valence electrons. The first-order chi connectivity index (χ1) is 11.7. The van der Waals surface area contributed by atoms with Crippen LogP contribution in [0, 0.1) is 19.2 Å². The van der Waals surface area contributed by atoms with Crippen molar-refractivity contribution in [1.29, 1.82) is 0 Å². The molecule has 2 aromatic carbocycles. The van der Waals surface area contributed by atoms with E-state index in [1.807, 2.05) is 0 Å². The molecular formula is C20H17N2S2. The van der Waals surface area contributed by atoms with E-state index in [9.17, 15) is 0 Å².